The third-order valence-electron chi connectivity index (χ3n) is 3.35. The van der Waals surface area contributed by atoms with Gasteiger partial charge in [0.1, 0.15) is 5.82 Å². The number of pyridine rings is 1. The Morgan fingerprint density at radius 2 is 2.21 bits per heavy atom. The van der Waals surface area contributed by atoms with Gasteiger partial charge in [0, 0.05) is 13.2 Å². The topological polar surface area (TPSA) is 71.5 Å². The van der Waals surface area contributed by atoms with Crippen molar-refractivity contribution in [1.82, 2.24) is 4.98 Å². The molecule has 0 atom stereocenters. The van der Waals surface area contributed by atoms with E-state index in [0.717, 1.165) is 12.5 Å². The van der Waals surface area contributed by atoms with Crippen LogP contribution in [0, 0.1) is 5.92 Å². The summed E-state index contributed by atoms with van der Waals surface area (Å²) < 4.78 is 5.61. The molecule has 104 valence electrons. The number of carbonyl (C=O) groups is 1. The second-order valence-electron chi connectivity index (χ2n) is 4.87. The van der Waals surface area contributed by atoms with Crippen molar-refractivity contribution in [2.24, 2.45) is 5.92 Å². The van der Waals surface area contributed by atoms with Crippen LogP contribution in [0.4, 0.5) is 5.82 Å². The Morgan fingerprint density at radius 3 is 2.95 bits per heavy atom. The van der Waals surface area contributed by atoms with Gasteiger partial charge in [-0.05, 0) is 30.9 Å². The zero-order chi connectivity index (χ0) is 13.5. The Labute approximate surface area is 113 Å². The van der Waals surface area contributed by atoms with Crippen LogP contribution in [0.3, 0.4) is 0 Å². The minimum absolute atomic E-state index is 0.0527. The smallest absolute Gasteiger partial charge is 0.354 e. The molecule has 1 aromatic heterocycles. The summed E-state index contributed by atoms with van der Waals surface area (Å²) in [6.07, 6.45) is 5.24. The van der Waals surface area contributed by atoms with E-state index in [2.05, 4.69) is 10.3 Å². The average Bonchev–Trinajstić information content (AvgIpc) is 2.92. The first-order chi connectivity index (χ1) is 9.25. The summed E-state index contributed by atoms with van der Waals surface area (Å²) in [5.74, 6) is 0.291. The van der Waals surface area contributed by atoms with Crippen LogP contribution >= 0.6 is 0 Å². The van der Waals surface area contributed by atoms with Gasteiger partial charge in [0.15, 0.2) is 5.69 Å². The lowest BCUT2D eigenvalue weighted by molar-refractivity contribution is 0.0690. The Morgan fingerprint density at radius 1 is 1.42 bits per heavy atom. The van der Waals surface area contributed by atoms with Crippen molar-refractivity contribution in [3.63, 3.8) is 0 Å². The second kappa shape index (κ2) is 7.09. The van der Waals surface area contributed by atoms with E-state index < -0.39 is 5.97 Å². The van der Waals surface area contributed by atoms with E-state index in [0.29, 0.717) is 19.0 Å². The molecule has 1 aromatic rings. The van der Waals surface area contributed by atoms with E-state index in [-0.39, 0.29) is 5.69 Å². The van der Waals surface area contributed by atoms with Crippen molar-refractivity contribution in [3.05, 3.63) is 23.9 Å². The molecule has 1 aliphatic carbocycles. The molecule has 1 fully saturated rings. The second-order valence-corrected chi connectivity index (χ2v) is 4.87. The van der Waals surface area contributed by atoms with Gasteiger partial charge in [-0.15, -0.1) is 0 Å². The molecular formula is C14H20N2O3. The molecule has 1 aliphatic rings. The molecular weight excluding hydrogens is 244 g/mol. The highest BCUT2D eigenvalue weighted by Gasteiger charge is 2.14. The molecule has 1 saturated carbocycles. The summed E-state index contributed by atoms with van der Waals surface area (Å²) in [6.45, 7) is 2.10. The monoisotopic (exact) mass is 264 g/mol. The van der Waals surface area contributed by atoms with Crippen LogP contribution in [0.1, 0.15) is 36.2 Å². The summed E-state index contributed by atoms with van der Waals surface area (Å²) in [7, 11) is 0. The van der Waals surface area contributed by atoms with E-state index >= 15 is 0 Å². The van der Waals surface area contributed by atoms with Crippen molar-refractivity contribution >= 4 is 11.8 Å². The number of carboxylic acids is 1. The number of aromatic carboxylic acids is 1. The quantitative estimate of drug-likeness (QED) is 0.740. The number of rotatable bonds is 7. The number of anilines is 1. The number of ether oxygens (including phenoxy) is 1. The third kappa shape index (κ3) is 4.52. The molecule has 0 saturated heterocycles. The normalized spacial score (nSPS) is 15.6. The molecule has 0 aromatic carbocycles. The molecule has 1 heterocycles. The predicted octanol–water partition coefficient (Wildman–Crippen LogP) is 2.40. The van der Waals surface area contributed by atoms with Crippen molar-refractivity contribution in [2.45, 2.75) is 25.7 Å². The lowest BCUT2D eigenvalue weighted by Gasteiger charge is -2.10. The summed E-state index contributed by atoms with van der Waals surface area (Å²) in [5, 5.41) is 11.9. The Kier molecular flexibility index (Phi) is 5.15. The highest BCUT2D eigenvalue weighted by atomic mass is 16.5. The van der Waals surface area contributed by atoms with Crippen molar-refractivity contribution in [3.8, 4) is 0 Å². The number of nitrogens with one attached hydrogen (secondary N) is 1. The fraction of sp³-hybridized carbons (Fsp3) is 0.571. The first-order valence-electron chi connectivity index (χ1n) is 6.77. The van der Waals surface area contributed by atoms with E-state index in [1.165, 1.54) is 31.7 Å². The zero-order valence-corrected chi connectivity index (χ0v) is 11.0. The van der Waals surface area contributed by atoms with Gasteiger partial charge in [-0.3, -0.25) is 0 Å². The average molecular weight is 264 g/mol. The first-order valence-corrected chi connectivity index (χ1v) is 6.77. The van der Waals surface area contributed by atoms with Gasteiger partial charge >= 0.3 is 5.97 Å². The van der Waals surface area contributed by atoms with Crippen molar-refractivity contribution in [2.75, 3.05) is 25.1 Å². The number of carboxylic acid groups (broad SMARTS) is 1. The molecule has 0 amide bonds. The van der Waals surface area contributed by atoms with E-state index in [4.69, 9.17) is 9.84 Å². The number of hydrogen-bond donors (Lipinski definition) is 2. The minimum Gasteiger partial charge on any atom is -0.477 e. The van der Waals surface area contributed by atoms with Gasteiger partial charge in [-0.1, -0.05) is 18.9 Å². The van der Waals surface area contributed by atoms with Gasteiger partial charge in [-0.25, -0.2) is 9.78 Å². The molecule has 0 radical (unpaired) electrons. The molecule has 5 nitrogen and oxygen atoms in total. The molecule has 5 heteroatoms. The van der Waals surface area contributed by atoms with E-state index in [9.17, 15) is 4.79 Å². The van der Waals surface area contributed by atoms with Crippen LogP contribution in [0.15, 0.2) is 18.2 Å². The molecule has 0 bridgehead atoms. The van der Waals surface area contributed by atoms with Crippen LogP contribution < -0.4 is 5.32 Å². The summed E-state index contributed by atoms with van der Waals surface area (Å²) in [4.78, 5) is 14.7. The maximum atomic E-state index is 10.8. The number of aromatic nitrogens is 1. The Bertz CT molecular complexity index is 417. The van der Waals surface area contributed by atoms with Gasteiger partial charge in [0.05, 0.1) is 6.61 Å². The Hall–Kier alpha value is -1.62. The molecule has 2 N–H and O–H groups in total. The SMILES string of the molecule is O=C(O)c1cccc(NCCOCC2CCCC2)n1. The number of nitrogens with zero attached hydrogens (tertiary/aromatic N) is 1. The summed E-state index contributed by atoms with van der Waals surface area (Å²) in [6, 6.07) is 4.91. The third-order valence-corrected chi connectivity index (χ3v) is 3.35. The lowest BCUT2D eigenvalue weighted by Crippen LogP contribution is -2.14. The highest BCUT2D eigenvalue weighted by molar-refractivity contribution is 5.85. The summed E-state index contributed by atoms with van der Waals surface area (Å²) >= 11 is 0. The number of hydrogen-bond acceptors (Lipinski definition) is 4. The van der Waals surface area contributed by atoms with Crippen LogP contribution in [-0.4, -0.2) is 35.8 Å². The largest absolute Gasteiger partial charge is 0.477 e. The zero-order valence-electron chi connectivity index (χ0n) is 11.0. The van der Waals surface area contributed by atoms with E-state index in [1.54, 1.807) is 12.1 Å². The lowest BCUT2D eigenvalue weighted by atomic mass is 10.1. The maximum Gasteiger partial charge on any atom is 0.354 e. The van der Waals surface area contributed by atoms with Crippen LogP contribution in [0.5, 0.6) is 0 Å². The fourth-order valence-electron chi connectivity index (χ4n) is 2.33. The molecule has 0 spiro atoms. The van der Waals surface area contributed by atoms with Gasteiger partial charge in [-0.2, -0.15) is 0 Å². The standard InChI is InChI=1S/C14H20N2O3/c17-14(18)12-6-3-7-13(16-12)15-8-9-19-10-11-4-1-2-5-11/h3,6-7,11H,1-2,4-5,8-10H2,(H,15,16)(H,17,18). The minimum atomic E-state index is -1.01. The predicted molar refractivity (Wildman–Crippen MR) is 72.5 cm³/mol. The van der Waals surface area contributed by atoms with Gasteiger partial charge in [0.2, 0.25) is 0 Å². The molecule has 0 aliphatic heterocycles. The van der Waals surface area contributed by atoms with E-state index in [1.807, 2.05) is 0 Å². The molecule has 0 unspecified atom stereocenters. The first kappa shape index (κ1) is 13.8. The fourth-order valence-corrected chi connectivity index (χ4v) is 2.33. The van der Waals surface area contributed by atoms with Crippen molar-refractivity contribution < 1.29 is 14.6 Å². The van der Waals surface area contributed by atoms with Crippen LogP contribution in [0.25, 0.3) is 0 Å². The van der Waals surface area contributed by atoms with Crippen LogP contribution in [-0.2, 0) is 4.74 Å². The van der Waals surface area contributed by atoms with Gasteiger partial charge < -0.3 is 15.2 Å². The van der Waals surface area contributed by atoms with Gasteiger partial charge in [0.25, 0.3) is 0 Å². The molecule has 19 heavy (non-hydrogen) atoms. The summed E-state index contributed by atoms with van der Waals surface area (Å²) in [5.41, 5.74) is 0.0527. The maximum absolute atomic E-state index is 10.8. The van der Waals surface area contributed by atoms with Crippen molar-refractivity contribution in [1.29, 1.82) is 0 Å². The Balaban J connectivity index is 1.64. The highest BCUT2D eigenvalue weighted by Crippen LogP contribution is 2.24. The van der Waals surface area contributed by atoms with Crippen LogP contribution in [0.2, 0.25) is 0 Å². The molecule has 2 rings (SSSR count).